The van der Waals surface area contributed by atoms with E-state index in [9.17, 15) is 0 Å². The molecule has 0 aromatic rings. The molecule has 0 amide bonds. The number of rotatable bonds is 5. The molecule has 0 bridgehead atoms. The Labute approximate surface area is 81.8 Å². The van der Waals surface area contributed by atoms with Crippen molar-refractivity contribution in [3.63, 3.8) is 0 Å². The minimum atomic E-state index is 0.368. The molecule has 1 fully saturated rings. The van der Waals surface area contributed by atoms with E-state index in [1.165, 1.54) is 25.7 Å². The Bertz CT molecular complexity index is 128. The largest absolute Gasteiger partial charge is 0.381 e. The molecule has 1 rings (SSSR count). The standard InChI is InChI=1S/C11H23NO/c1-3-9(4-2)7-11(12)10-5-6-13-8-10/h9-11H,3-8,12H2,1-2H3. The third kappa shape index (κ3) is 3.28. The maximum Gasteiger partial charge on any atom is 0.0509 e. The molecule has 1 heterocycles. The van der Waals surface area contributed by atoms with Crippen LogP contribution in [-0.2, 0) is 4.74 Å². The summed E-state index contributed by atoms with van der Waals surface area (Å²) in [6.07, 6.45) is 4.87. The Morgan fingerprint density at radius 3 is 2.54 bits per heavy atom. The number of hydrogen-bond acceptors (Lipinski definition) is 2. The number of ether oxygens (including phenoxy) is 1. The Kier molecular flexibility index (Phi) is 4.74. The van der Waals surface area contributed by atoms with Gasteiger partial charge in [0.2, 0.25) is 0 Å². The molecule has 0 radical (unpaired) electrons. The van der Waals surface area contributed by atoms with Crippen molar-refractivity contribution in [1.82, 2.24) is 0 Å². The highest BCUT2D eigenvalue weighted by molar-refractivity contribution is 4.78. The van der Waals surface area contributed by atoms with E-state index in [1.54, 1.807) is 0 Å². The number of nitrogens with two attached hydrogens (primary N) is 1. The lowest BCUT2D eigenvalue weighted by molar-refractivity contribution is 0.177. The van der Waals surface area contributed by atoms with Crippen LogP contribution in [-0.4, -0.2) is 19.3 Å². The van der Waals surface area contributed by atoms with Crippen LogP contribution in [0.5, 0.6) is 0 Å². The summed E-state index contributed by atoms with van der Waals surface area (Å²) in [5.41, 5.74) is 6.15. The summed E-state index contributed by atoms with van der Waals surface area (Å²) in [6.45, 7) is 6.32. The highest BCUT2D eigenvalue weighted by Gasteiger charge is 2.24. The summed E-state index contributed by atoms with van der Waals surface area (Å²) in [4.78, 5) is 0. The summed E-state index contributed by atoms with van der Waals surface area (Å²) in [5, 5.41) is 0. The first-order chi connectivity index (χ1) is 6.27. The van der Waals surface area contributed by atoms with Gasteiger partial charge in [-0.25, -0.2) is 0 Å². The van der Waals surface area contributed by atoms with Crippen molar-refractivity contribution < 1.29 is 4.74 Å². The van der Waals surface area contributed by atoms with E-state index < -0.39 is 0 Å². The van der Waals surface area contributed by atoms with Gasteiger partial charge < -0.3 is 10.5 Å². The van der Waals surface area contributed by atoms with E-state index in [-0.39, 0.29) is 0 Å². The van der Waals surface area contributed by atoms with Gasteiger partial charge >= 0.3 is 0 Å². The van der Waals surface area contributed by atoms with Crippen LogP contribution in [0.25, 0.3) is 0 Å². The minimum absolute atomic E-state index is 0.368. The van der Waals surface area contributed by atoms with Crippen LogP contribution in [0.3, 0.4) is 0 Å². The van der Waals surface area contributed by atoms with Crippen LogP contribution in [0.15, 0.2) is 0 Å². The van der Waals surface area contributed by atoms with Crippen molar-refractivity contribution in [2.45, 2.75) is 45.6 Å². The van der Waals surface area contributed by atoms with Crippen molar-refractivity contribution in [1.29, 1.82) is 0 Å². The lowest BCUT2D eigenvalue weighted by Gasteiger charge is -2.22. The van der Waals surface area contributed by atoms with E-state index in [2.05, 4.69) is 13.8 Å². The van der Waals surface area contributed by atoms with Crippen LogP contribution >= 0.6 is 0 Å². The van der Waals surface area contributed by atoms with Crippen molar-refractivity contribution >= 4 is 0 Å². The quantitative estimate of drug-likeness (QED) is 0.712. The van der Waals surface area contributed by atoms with Gasteiger partial charge in [-0.3, -0.25) is 0 Å². The van der Waals surface area contributed by atoms with E-state index in [4.69, 9.17) is 10.5 Å². The fourth-order valence-corrected chi connectivity index (χ4v) is 2.09. The van der Waals surface area contributed by atoms with Crippen LogP contribution in [0, 0.1) is 11.8 Å². The van der Waals surface area contributed by atoms with E-state index >= 15 is 0 Å². The Hall–Kier alpha value is -0.0800. The van der Waals surface area contributed by atoms with E-state index in [1.807, 2.05) is 0 Å². The average Bonchev–Trinajstić information content (AvgIpc) is 2.66. The summed E-state index contributed by atoms with van der Waals surface area (Å²) in [5.74, 6) is 1.44. The van der Waals surface area contributed by atoms with Gasteiger partial charge in [0.1, 0.15) is 0 Å². The molecule has 13 heavy (non-hydrogen) atoms. The molecule has 2 N–H and O–H groups in total. The first kappa shape index (κ1) is 11.0. The molecule has 1 aliphatic heterocycles. The molecule has 2 atom stereocenters. The third-order valence-corrected chi connectivity index (χ3v) is 3.33. The fraction of sp³-hybridized carbons (Fsp3) is 1.00. The molecule has 1 aliphatic rings. The van der Waals surface area contributed by atoms with Gasteiger partial charge in [0.05, 0.1) is 6.61 Å². The van der Waals surface area contributed by atoms with Crippen molar-refractivity contribution in [2.75, 3.05) is 13.2 Å². The lowest BCUT2D eigenvalue weighted by Crippen LogP contribution is -2.32. The molecular formula is C11H23NO. The smallest absolute Gasteiger partial charge is 0.0509 e. The monoisotopic (exact) mass is 185 g/mol. The predicted octanol–water partition coefficient (Wildman–Crippen LogP) is 2.18. The van der Waals surface area contributed by atoms with Gasteiger partial charge in [0.25, 0.3) is 0 Å². The van der Waals surface area contributed by atoms with Crippen LogP contribution in [0.2, 0.25) is 0 Å². The van der Waals surface area contributed by atoms with Crippen LogP contribution in [0.1, 0.15) is 39.5 Å². The first-order valence-corrected chi connectivity index (χ1v) is 5.61. The molecule has 0 saturated carbocycles. The maximum absolute atomic E-state index is 6.15. The summed E-state index contributed by atoms with van der Waals surface area (Å²) >= 11 is 0. The summed E-state index contributed by atoms with van der Waals surface area (Å²) < 4.78 is 5.35. The van der Waals surface area contributed by atoms with Crippen LogP contribution in [0.4, 0.5) is 0 Å². The van der Waals surface area contributed by atoms with Crippen molar-refractivity contribution in [3.05, 3.63) is 0 Å². The van der Waals surface area contributed by atoms with Crippen molar-refractivity contribution in [3.8, 4) is 0 Å². The average molecular weight is 185 g/mol. The molecular weight excluding hydrogens is 162 g/mol. The second kappa shape index (κ2) is 5.61. The number of hydrogen-bond donors (Lipinski definition) is 1. The molecule has 2 nitrogen and oxygen atoms in total. The summed E-state index contributed by atoms with van der Waals surface area (Å²) in [7, 11) is 0. The Morgan fingerprint density at radius 2 is 2.08 bits per heavy atom. The fourth-order valence-electron chi connectivity index (χ4n) is 2.09. The van der Waals surface area contributed by atoms with Gasteiger partial charge in [0, 0.05) is 12.6 Å². The van der Waals surface area contributed by atoms with Crippen LogP contribution < -0.4 is 5.73 Å². The molecule has 0 aromatic heterocycles. The zero-order chi connectivity index (χ0) is 9.68. The normalized spacial score (nSPS) is 25.4. The second-order valence-corrected chi connectivity index (χ2v) is 4.21. The molecule has 2 unspecified atom stereocenters. The molecule has 1 saturated heterocycles. The van der Waals surface area contributed by atoms with Gasteiger partial charge in [-0.15, -0.1) is 0 Å². The van der Waals surface area contributed by atoms with E-state index in [0.717, 1.165) is 19.1 Å². The molecule has 0 aliphatic carbocycles. The molecule has 78 valence electrons. The lowest BCUT2D eigenvalue weighted by atomic mass is 9.88. The van der Waals surface area contributed by atoms with Gasteiger partial charge in [-0.2, -0.15) is 0 Å². The second-order valence-electron chi connectivity index (χ2n) is 4.21. The zero-order valence-corrected chi connectivity index (χ0v) is 8.96. The van der Waals surface area contributed by atoms with E-state index in [0.29, 0.717) is 12.0 Å². The topological polar surface area (TPSA) is 35.2 Å². The van der Waals surface area contributed by atoms with Crippen molar-refractivity contribution in [2.24, 2.45) is 17.6 Å². The minimum Gasteiger partial charge on any atom is -0.381 e. The predicted molar refractivity (Wildman–Crippen MR) is 55.6 cm³/mol. The molecule has 0 aromatic carbocycles. The molecule has 0 spiro atoms. The summed E-state index contributed by atoms with van der Waals surface area (Å²) in [6, 6.07) is 0.368. The Balaban J connectivity index is 2.25. The zero-order valence-electron chi connectivity index (χ0n) is 8.96. The maximum atomic E-state index is 6.15. The highest BCUT2D eigenvalue weighted by atomic mass is 16.5. The first-order valence-electron chi connectivity index (χ1n) is 5.61. The highest BCUT2D eigenvalue weighted by Crippen LogP contribution is 2.22. The third-order valence-electron chi connectivity index (χ3n) is 3.33. The molecule has 2 heteroatoms. The SMILES string of the molecule is CCC(CC)CC(N)C1CCOC1. The van der Waals surface area contributed by atoms with Gasteiger partial charge in [-0.05, 0) is 24.7 Å². The van der Waals surface area contributed by atoms with Gasteiger partial charge in [0.15, 0.2) is 0 Å². The Morgan fingerprint density at radius 1 is 1.38 bits per heavy atom. The van der Waals surface area contributed by atoms with Gasteiger partial charge in [-0.1, -0.05) is 26.7 Å².